The predicted molar refractivity (Wildman–Crippen MR) is 78.2 cm³/mol. The summed E-state index contributed by atoms with van der Waals surface area (Å²) in [5, 5.41) is 7.13. The van der Waals surface area contributed by atoms with Crippen LogP contribution in [0.5, 0.6) is 5.88 Å². The lowest BCUT2D eigenvalue weighted by Crippen LogP contribution is -2.13. The fraction of sp³-hybridized carbons (Fsp3) is 0.333. The molecule has 5 heteroatoms. The molecule has 0 unspecified atom stereocenters. The second kappa shape index (κ2) is 6.23. The molecule has 5 nitrogen and oxygen atoms in total. The lowest BCUT2D eigenvalue weighted by Gasteiger charge is -2.07. The number of nitrogens with zero attached hydrogens (tertiary/aromatic N) is 2. The molecule has 0 spiro atoms. The van der Waals surface area contributed by atoms with Gasteiger partial charge >= 0.3 is 0 Å². The average molecular weight is 273 g/mol. The summed E-state index contributed by atoms with van der Waals surface area (Å²) < 4.78 is 7.11. The van der Waals surface area contributed by atoms with Crippen LogP contribution in [0.4, 0.5) is 5.69 Å². The predicted octanol–water partition coefficient (Wildman–Crippen LogP) is 2.86. The van der Waals surface area contributed by atoms with Crippen LogP contribution in [0.15, 0.2) is 30.5 Å². The molecule has 0 aliphatic carbocycles. The van der Waals surface area contributed by atoms with Crippen molar-refractivity contribution >= 4 is 11.6 Å². The summed E-state index contributed by atoms with van der Waals surface area (Å²) in [6.45, 7) is 6.96. The maximum Gasteiger partial charge on any atom is 0.262 e. The van der Waals surface area contributed by atoms with Crippen LogP contribution in [0, 0.1) is 6.92 Å². The summed E-state index contributed by atoms with van der Waals surface area (Å²) in [6.07, 6.45) is 1.71. The second-order valence-corrected chi connectivity index (χ2v) is 4.41. The van der Waals surface area contributed by atoms with Gasteiger partial charge < -0.3 is 10.1 Å². The summed E-state index contributed by atoms with van der Waals surface area (Å²) in [4.78, 5) is 12.3. The Bertz CT molecular complexity index is 605. The van der Waals surface area contributed by atoms with Gasteiger partial charge in [0.1, 0.15) is 5.56 Å². The molecule has 0 aliphatic rings. The Kier molecular flexibility index (Phi) is 4.40. The molecule has 2 aromatic rings. The first-order chi connectivity index (χ1) is 9.65. The highest BCUT2D eigenvalue weighted by atomic mass is 16.5. The van der Waals surface area contributed by atoms with Crippen molar-refractivity contribution in [3.8, 4) is 5.88 Å². The normalized spacial score (nSPS) is 10.3. The van der Waals surface area contributed by atoms with Gasteiger partial charge in [-0.15, -0.1) is 5.10 Å². The minimum absolute atomic E-state index is 0.206. The van der Waals surface area contributed by atoms with Crippen LogP contribution in [0.2, 0.25) is 0 Å². The lowest BCUT2D eigenvalue weighted by atomic mass is 10.2. The molecular weight excluding hydrogens is 254 g/mol. The summed E-state index contributed by atoms with van der Waals surface area (Å²) in [7, 11) is 0. The number of hydrogen-bond acceptors (Lipinski definition) is 3. The Morgan fingerprint density at radius 1 is 1.35 bits per heavy atom. The largest absolute Gasteiger partial charge is 0.476 e. The number of para-hydroxylation sites is 1. The van der Waals surface area contributed by atoms with Gasteiger partial charge in [0.05, 0.1) is 6.61 Å². The van der Waals surface area contributed by atoms with Crippen molar-refractivity contribution in [2.24, 2.45) is 0 Å². The van der Waals surface area contributed by atoms with E-state index in [0.29, 0.717) is 24.6 Å². The number of carbonyl (C=O) groups is 1. The highest BCUT2D eigenvalue weighted by Crippen LogP contribution is 2.20. The van der Waals surface area contributed by atoms with Gasteiger partial charge in [0, 0.05) is 18.4 Å². The standard InChI is InChI=1S/C15H19N3O2/c1-4-18-10-12(15(17-18)20-5-2)14(19)16-13-9-7-6-8-11(13)3/h6-10H,4-5H2,1-3H3,(H,16,19). The van der Waals surface area contributed by atoms with Gasteiger partial charge in [-0.05, 0) is 32.4 Å². The molecule has 0 radical (unpaired) electrons. The second-order valence-electron chi connectivity index (χ2n) is 4.41. The number of carbonyl (C=O) groups excluding carboxylic acids is 1. The van der Waals surface area contributed by atoms with Crippen molar-refractivity contribution in [3.05, 3.63) is 41.6 Å². The van der Waals surface area contributed by atoms with Gasteiger partial charge in [0.25, 0.3) is 5.91 Å². The van der Waals surface area contributed by atoms with E-state index < -0.39 is 0 Å². The molecule has 0 saturated carbocycles. The Labute approximate surface area is 118 Å². The monoisotopic (exact) mass is 273 g/mol. The number of aryl methyl sites for hydroxylation is 2. The van der Waals surface area contributed by atoms with E-state index in [0.717, 1.165) is 11.3 Å². The number of ether oxygens (including phenoxy) is 1. The third-order valence-corrected chi connectivity index (χ3v) is 2.97. The third kappa shape index (κ3) is 2.99. The lowest BCUT2D eigenvalue weighted by molar-refractivity contribution is 0.102. The van der Waals surface area contributed by atoms with E-state index in [4.69, 9.17) is 4.74 Å². The number of amides is 1. The summed E-state index contributed by atoms with van der Waals surface area (Å²) in [6, 6.07) is 7.65. The Hall–Kier alpha value is -2.30. The number of hydrogen-bond donors (Lipinski definition) is 1. The van der Waals surface area contributed by atoms with Crippen LogP contribution in [0.3, 0.4) is 0 Å². The van der Waals surface area contributed by atoms with E-state index in [-0.39, 0.29) is 5.91 Å². The number of nitrogens with one attached hydrogen (secondary N) is 1. The first kappa shape index (κ1) is 14.1. The Morgan fingerprint density at radius 2 is 2.10 bits per heavy atom. The van der Waals surface area contributed by atoms with E-state index in [9.17, 15) is 4.79 Å². The van der Waals surface area contributed by atoms with Crippen molar-refractivity contribution < 1.29 is 9.53 Å². The van der Waals surface area contributed by atoms with E-state index in [1.807, 2.05) is 45.0 Å². The SMILES string of the molecule is CCOc1nn(CC)cc1C(=O)Nc1ccccc1C. The average Bonchev–Trinajstić information content (AvgIpc) is 2.85. The number of rotatable bonds is 5. The molecule has 1 aromatic carbocycles. The van der Waals surface area contributed by atoms with E-state index in [2.05, 4.69) is 10.4 Å². The maximum absolute atomic E-state index is 12.3. The molecule has 1 heterocycles. The van der Waals surface area contributed by atoms with Gasteiger partial charge in [-0.25, -0.2) is 0 Å². The van der Waals surface area contributed by atoms with Gasteiger partial charge in [0.15, 0.2) is 0 Å². The van der Waals surface area contributed by atoms with Crippen LogP contribution in [0.1, 0.15) is 29.8 Å². The highest BCUT2D eigenvalue weighted by Gasteiger charge is 2.17. The molecule has 20 heavy (non-hydrogen) atoms. The third-order valence-electron chi connectivity index (χ3n) is 2.97. The van der Waals surface area contributed by atoms with Crippen LogP contribution < -0.4 is 10.1 Å². The molecule has 0 aliphatic heterocycles. The van der Waals surface area contributed by atoms with Crippen LogP contribution in [0.25, 0.3) is 0 Å². The summed E-state index contributed by atoms with van der Waals surface area (Å²) >= 11 is 0. The topological polar surface area (TPSA) is 56.2 Å². The quantitative estimate of drug-likeness (QED) is 0.911. The van der Waals surface area contributed by atoms with Crippen LogP contribution in [-0.2, 0) is 6.54 Å². The fourth-order valence-corrected chi connectivity index (χ4v) is 1.87. The highest BCUT2D eigenvalue weighted by molar-refractivity contribution is 6.06. The smallest absolute Gasteiger partial charge is 0.262 e. The maximum atomic E-state index is 12.3. The molecule has 106 valence electrons. The van der Waals surface area contributed by atoms with Crippen molar-refractivity contribution in [1.29, 1.82) is 0 Å². The molecule has 1 aromatic heterocycles. The number of aromatic nitrogens is 2. The minimum Gasteiger partial charge on any atom is -0.476 e. The first-order valence-electron chi connectivity index (χ1n) is 6.73. The molecule has 2 rings (SSSR count). The molecule has 1 N–H and O–H groups in total. The van der Waals surface area contributed by atoms with Crippen molar-refractivity contribution in [1.82, 2.24) is 9.78 Å². The van der Waals surface area contributed by atoms with Crippen LogP contribution in [-0.4, -0.2) is 22.3 Å². The van der Waals surface area contributed by atoms with Gasteiger partial charge in [-0.1, -0.05) is 18.2 Å². The molecule has 0 bridgehead atoms. The Balaban J connectivity index is 2.24. The Morgan fingerprint density at radius 3 is 2.75 bits per heavy atom. The molecule has 0 saturated heterocycles. The van der Waals surface area contributed by atoms with Crippen molar-refractivity contribution in [3.63, 3.8) is 0 Å². The van der Waals surface area contributed by atoms with Crippen molar-refractivity contribution in [2.75, 3.05) is 11.9 Å². The van der Waals surface area contributed by atoms with Gasteiger partial charge in [-0.3, -0.25) is 9.48 Å². The van der Waals surface area contributed by atoms with Gasteiger partial charge in [-0.2, -0.15) is 0 Å². The van der Waals surface area contributed by atoms with E-state index >= 15 is 0 Å². The van der Waals surface area contributed by atoms with Gasteiger partial charge in [0.2, 0.25) is 5.88 Å². The number of benzene rings is 1. The van der Waals surface area contributed by atoms with Crippen LogP contribution >= 0.6 is 0 Å². The number of anilines is 1. The van der Waals surface area contributed by atoms with Crippen molar-refractivity contribution in [2.45, 2.75) is 27.3 Å². The molecular formula is C15H19N3O2. The van der Waals surface area contributed by atoms with E-state index in [1.54, 1.807) is 10.9 Å². The minimum atomic E-state index is -0.206. The molecule has 1 amide bonds. The summed E-state index contributed by atoms with van der Waals surface area (Å²) in [5.41, 5.74) is 2.27. The summed E-state index contributed by atoms with van der Waals surface area (Å²) in [5.74, 6) is 0.169. The zero-order valence-corrected chi connectivity index (χ0v) is 12.0. The molecule has 0 atom stereocenters. The zero-order chi connectivity index (χ0) is 14.5. The van der Waals surface area contributed by atoms with E-state index in [1.165, 1.54) is 0 Å². The fourth-order valence-electron chi connectivity index (χ4n) is 1.87. The first-order valence-corrected chi connectivity index (χ1v) is 6.73. The molecule has 0 fully saturated rings. The zero-order valence-electron chi connectivity index (χ0n) is 12.0.